The van der Waals surface area contributed by atoms with Gasteiger partial charge in [0.2, 0.25) is 18.4 Å². The van der Waals surface area contributed by atoms with E-state index >= 15 is 0 Å². The third kappa shape index (κ3) is 3.04. The van der Waals surface area contributed by atoms with Gasteiger partial charge in [-0.25, -0.2) is 0 Å². The fourth-order valence-corrected chi connectivity index (χ4v) is 2.67. The van der Waals surface area contributed by atoms with Crippen molar-refractivity contribution in [3.63, 3.8) is 0 Å². The lowest BCUT2D eigenvalue weighted by atomic mass is 10.1. The van der Waals surface area contributed by atoms with Gasteiger partial charge in [-0.15, -0.1) is 0 Å². The Balaban J connectivity index is 1.65. The second-order valence-electron chi connectivity index (χ2n) is 5.24. The highest BCUT2D eigenvalue weighted by molar-refractivity contribution is 6.50. The largest absolute Gasteiger partial charge is 0.493 e. The highest BCUT2D eigenvalue weighted by Crippen LogP contribution is 2.42. The minimum Gasteiger partial charge on any atom is -0.493 e. The van der Waals surface area contributed by atoms with E-state index in [0.717, 1.165) is 11.1 Å². The van der Waals surface area contributed by atoms with Crippen LogP contribution in [0, 0.1) is 0 Å². The molecule has 0 N–H and O–H groups in total. The van der Waals surface area contributed by atoms with Crippen molar-refractivity contribution in [1.82, 2.24) is 10.1 Å². The molecule has 0 saturated heterocycles. The molecule has 2 heterocycles. The summed E-state index contributed by atoms with van der Waals surface area (Å²) in [6, 6.07) is 13.1. The normalized spacial score (nSPS) is 13.1. The van der Waals surface area contributed by atoms with E-state index in [2.05, 4.69) is 10.1 Å². The Kier molecular flexibility index (Phi) is 4.03. The standard InChI is InChI=1S/C18H13ClN2O4/c1-22-14-8-11(9-15-16(14)24-10-23-15)7-13(19)18-20-17(21-25-18)12-5-3-2-4-6-12/h2-9H,10H2,1H3/b13-7-. The van der Waals surface area contributed by atoms with Gasteiger partial charge in [0.25, 0.3) is 5.89 Å². The molecule has 0 fully saturated rings. The van der Waals surface area contributed by atoms with Gasteiger partial charge in [-0.05, 0) is 23.8 Å². The molecule has 0 unspecified atom stereocenters. The Hall–Kier alpha value is -2.99. The summed E-state index contributed by atoms with van der Waals surface area (Å²) in [5, 5.41) is 4.28. The zero-order valence-electron chi connectivity index (χ0n) is 13.2. The average molecular weight is 357 g/mol. The zero-order valence-corrected chi connectivity index (χ0v) is 14.0. The number of aromatic nitrogens is 2. The highest BCUT2D eigenvalue weighted by atomic mass is 35.5. The molecule has 0 amide bonds. The molecule has 0 radical (unpaired) electrons. The first-order valence-corrected chi connectivity index (χ1v) is 7.87. The second-order valence-corrected chi connectivity index (χ2v) is 5.65. The Morgan fingerprint density at radius 2 is 2.04 bits per heavy atom. The van der Waals surface area contributed by atoms with Gasteiger partial charge < -0.3 is 18.7 Å². The van der Waals surface area contributed by atoms with Crippen LogP contribution in [0.1, 0.15) is 11.5 Å². The molecule has 1 aliphatic rings. The monoisotopic (exact) mass is 356 g/mol. The van der Waals surface area contributed by atoms with Gasteiger partial charge in [0.1, 0.15) is 5.03 Å². The lowest BCUT2D eigenvalue weighted by Crippen LogP contribution is -1.93. The molecule has 0 spiro atoms. The Bertz CT molecular complexity index is 938. The molecule has 4 rings (SSSR count). The van der Waals surface area contributed by atoms with Crippen molar-refractivity contribution in [2.45, 2.75) is 0 Å². The van der Waals surface area contributed by atoms with E-state index in [1.807, 2.05) is 36.4 Å². The van der Waals surface area contributed by atoms with Crippen LogP contribution in [-0.2, 0) is 0 Å². The van der Waals surface area contributed by atoms with E-state index in [0.29, 0.717) is 28.1 Å². The van der Waals surface area contributed by atoms with Crippen molar-refractivity contribution < 1.29 is 18.7 Å². The number of nitrogens with zero attached hydrogens (tertiary/aromatic N) is 2. The number of ether oxygens (including phenoxy) is 3. The van der Waals surface area contributed by atoms with Crippen LogP contribution in [0.15, 0.2) is 47.0 Å². The quantitative estimate of drug-likeness (QED) is 0.697. The molecule has 0 saturated carbocycles. The minimum absolute atomic E-state index is 0.163. The lowest BCUT2D eigenvalue weighted by molar-refractivity contribution is 0.171. The first-order valence-electron chi connectivity index (χ1n) is 7.49. The maximum Gasteiger partial charge on any atom is 0.269 e. The van der Waals surface area contributed by atoms with Gasteiger partial charge >= 0.3 is 0 Å². The van der Waals surface area contributed by atoms with Crippen LogP contribution < -0.4 is 14.2 Å². The van der Waals surface area contributed by atoms with Crippen molar-refractivity contribution >= 4 is 22.7 Å². The predicted molar refractivity (Wildman–Crippen MR) is 92.6 cm³/mol. The SMILES string of the molecule is COc1cc(/C=C(\Cl)c2nc(-c3ccccc3)no2)cc2c1OCO2. The average Bonchev–Trinajstić information content (AvgIpc) is 3.31. The topological polar surface area (TPSA) is 66.6 Å². The number of halogens is 1. The molecule has 7 heteroatoms. The molecular weight excluding hydrogens is 344 g/mol. The number of benzene rings is 2. The number of fused-ring (bicyclic) bond motifs is 1. The Morgan fingerprint density at radius 3 is 2.84 bits per heavy atom. The van der Waals surface area contributed by atoms with Crippen LogP contribution in [0.3, 0.4) is 0 Å². The maximum absolute atomic E-state index is 6.34. The van der Waals surface area contributed by atoms with Gasteiger partial charge in [0.05, 0.1) is 7.11 Å². The summed E-state index contributed by atoms with van der Waals surface area (Å²) < 4.78 is 21.4. The third-order valence-electron chi connectivity index (χ3n) is 3.64. The van der Waals surface area contributed by atoms with Crippen molar-refractivity contribution in [3.8, 4) is 28.6 Å². The molecule has 0 bridgehead atoms. The van der Waals surface area contributed by atoms with Crippen LogP contribution >= 0.6 is 11.6 Å². The zero-order chi connectivity index (χ0) is 17.2. The minimum atomic E-state index is 0.163. The second kappa shape index (κ2) is 6.49. The summed E-state index contributed by atoms with van der Waals surface area (Å²) >= 11 is 6.34. The van der Waals surface area contributed by atoms with Crippen molar-refractivity contribution in [2.24, 2.45) is 0 Å². The summed E-state index contributed by atoms with van der Waals surface area (Å²) in [5.41, 5.74) is 1.62. The number of hydrogen-bond acceptors (Lipinski definition) is 6. The van der Waals surface area contributed by atoms with Crippen LogP contribution in [0.25, 0.3) is 22.5 Å². The van der Waals surface area contributed by atoms with E-state index in [9.17, 15) is 0 Å². The molecule has 1 aliphatic heterocycles. The van der Waals surface area contributed by atoms with Crippen LogP contribution in [0.2, 0.25) is 0 Å². The van der Waals surface area contributed by atoms with Gasteiger partial charge in [-0.2, -0.15) is 4.98 Å². The number of methoxy groups -OCH3 is 1. The summed E-state index contributed by atoms with van der Waals surface area (Å²) in [7, 11) is 1.57. The molecule has 0 atom stereocenters. The lowest BCUT2D eigenvalue weighted by Gasteiger charge is -2.05. The Labute approximate surface area is 148 Å². The van der Waals surface area contributed by atoms with Gasteiger partial charge in [-0.1, -0.05) is 47.1 Å². The van der Waals surface area contributed by atoms with Crippen LogP contribution in [0.5, 0.6) is 17.2 Å². The first kappa shape index (κ1) is 15.5. The smallest absolute Gasteiger partial charge is 0.269 e. The molecule has 1 aromatic heterocycles. The summed E-state index contributed by atoms with van der Waals surface area (Å²) in [4.78, 5) is 4.33. The summed E-state index contributed by atoms with van der Waals surface area (Å²) in [6.07, 6.45) is 1.70. The van der Waals surface area contributed by atoms with Crippen molar-refractivity contribution in [3.05, 3.63) is 53.9 Å². The predicted octanol–water partition coefficient (Wildman–Crippen LogP) is 4.21. The van der Waals surface area contributed by atoms with E-state index in [-0.39, 0.29) is 12.7 Å². The summed E-state index contributed by atoms with van der Waals surface area (Å²) in [6.45, 7) is 0.163. The van der Waals surface area contributed by atoms with Gasteiger partial charge in [0, 0.05) is 5.56 Å². The van der Waals surface area contributed by atoms with Crippen molar-refractivity contribution in [1.29, 1.82) is 0 Å². The van der Waals surface area contributed by atoms with Crippen molar-refractivity contribution in [2.75, 3.05) is 13.9 Å². The molecule has 25 heavy (non-hydrogen) atoms. The van der Waals surface area contributed by atoms with E-state index < -0.39 is 0 Å². The van der Waals surface area contributed by atoms with Crippen LogP contribution in [-0.4, -0.2) is 24.0 Å². The van der Waals surface area contributed by atoms with E-state index in [1.54, 1.807) is 19.3 Å². The fourth-order valence-electron chi connectivity index (χ4n) is 2.47. The summed E-state index contributed by atoms with van der Waals surface area (Å²) in [5.74, 6) is 2.47. The van der Waals surface area contributed by atoms with Gasteiger partial charge in [-0.3, -0.25) is 0 Å². The van der Waals surface area contributed by atoms with Gasteiger partial charge in [0.15, 0.2) is 11.5 Å². The van der Waals surface area contributed by atoms with E-state index in [4.69, 9.17) is 30.3 Å². The molecule has 2 aromatic carbocycles. The Morgan fingerprint density at radius 1 is 1.20 bits per heavy atom. The van der Waals surface area contributed by atoms with E-state index in [1.165, 1.54) is 0 Å². The molecular formula is C18H13ClN2O4. The molecule has 126 valence electrons. The highest BCUT2D eigenvalue weighted by Gasteiger charge is 2.20. The molecule has 0 aliphatic carbocycles. The molecule has 3 aromatic rings. The third-order valence-corrected chi connectivity index (χ3v) is 3.91. The number of rotatable bonds is 4. The maximum atomic E-state index is 6.34. The first-order chi connectivity index (χ1) is 12.2. The number of hydrogen-bond donors (Lipinski definition) is 0. The fraction of sp³-hybridized carbons (Fsp3) is 0.111. The van der Waals surface area contributed by atoms with Crippen LogP contribution in [0.4, 0.5) is 0 Å². The molecule has 6 nitrogen and oxygen atoms in total.